The molecular formula is C20H21BrN2O3. The normalized spacial score (nSPS) is 29.2. The van der Waals surface area contributed by atoms with Crippen LogP contribution in [0.3, 0.4) is 0 Å². The van der Waals surface area contributed by atoms with E-state index in [0.29, 0.717) is 5.69 Å². The van der Waals surface area contributed by atoms with E-state index in [2.05, 4.69) is 33.4 Å². The summed E-state index contributed by atoms with van der Waals surface area (Å²) in [4.78, 5) is 39.0. The molecule has 2 fully saturated rings. The largest absolute Gasteiger partial charge is 0.326 e. The smallest absolute Gasteiger partial charge is 0.233 e. The summed E-state index contributed by atoms with van der Waals surface area (Å²) in [6, 6.07) is 5.58. The number of rotatable bonds is 4. The first kappa shape index (κ1) is 17.5. The SMILES string of the molecule is Cc1cc(NC(=O)CCN2C(=O)[C@@H]3[C@@H](C2=O)[C@H]2C=C[C@H]3CC2)ccc1Br. The molecule has 1 N–H and O–H groups in total. The molecule has 0 aromatic heterocycles. The summed E-state index contributed by atoms with van der Waals surface area (Å²) in [6.07, 6.45) is 6.30. The number of carbonyl (C=O) groups is 3. The highest BCUT2D eigenvalue weighted by Crippen LogP contribution is 2.49. The van der Waals surface area contributed by atoms with Crippen molar-refractivity contribution in [2.45, 2.75) is 26.2 Å². The third-order valence-corrected chi connectivity index (χ3v) is 6.74. The van der Waals surface area contributed by atoms with Crippen molar-refractivity contribution in [3.8, 4) is 0 Å². The molecule has 1 aromatic rings. The lowest BCUT2D eigenvalue weighted by molar-refractivity contribution is -0.140. The van der Waals surface area contributed by atoms with E-state index in [1.54, 1.807) is 0 Å². The van der Waals surface area contributed by atoms with Gasteiger partial charge in [0.05, 0.1) is 11.8 Å². The Hall–Kier alpha value is -1.95. The second-order valence-corrected chi connectivity index (χ2v) is 8.29. The molecule has 2 bridgehead atoms. The molecule has 5 rings (SSSR count). The van der Waals surface area contributed by atoms with Crippen molar-refractivity contribution >= 4 is 39.3 Å². The van der Waals surface area contributed by atoms with Crippen LogP contribution in [0.4, 0.5) is 5.69 Å². The van der Waals surface area contributed by atoms with Gasteiger partial charge in [0.25, 0.3) is 0 Å². The molecule has 1 aliphatic heterocycles. The van der Waals surface area contributed by atoms with Gasteiger partial charge in [0.1, 0.15) is 0 Å². The van der Waals surface area contributed by atoms with Crippen molar-refractivity contribution in [2.24, 2.45) is 23.7 Å². The number of nitrogens with one attached hydrogen (secondary N) is 1. The van der Waals surface area contributed by atoms with Crippen molar-refractivity contribution in [1.29, 1.82) is 0 Å². The molecule has 5 nitrogen and oxygen atoms in total. The van der Waals surface area contributed by atoms with E-state index in [0.717, 1.165) is 22.9 Å². The van der Waals surface area contributed by atoms with Crippen LogP contribution in [-0.2, 0) is 14.4 Å². The van der Waals surface area contributed by atoms with Crippen molar-refractivity contribution in [1.82, 2.24) is 4.90 Å². The Balaban J connectivity index is 1.39. The maximum atomic E-state index is 12.7. The highest BCUT2D eigenvalue weighted by Gasteiger charge is 2.56. The Bertz CT molecular complexity index is 787. The molecule has 0 unspecified atom stereocenters. The lowest BCUT2D eigenvalue weighted by atomic mass is 9.63. The van der Waals surface area contributed by atoms with Crippen LogP contribution in [0.25, 0.3) is 0 Å². The minimum atomic E-state index is -0.205. The maximum Gasteiger partial charge on any atom is 0.233 e. The van der Waals surface area contributed by atoms with Crippen LogP contribution in [0, 0.1) is 30.6 Å². The van der Waals surface area contributed by atoms with E-state index >= 15 is 0 Å². The number of aryl methyl sites for hydroxylation is 1. The van der Waals surface area contributed by atoms with Crippen LogP contribution in [0.1, 0.15) is 24.8 Å². The third kappa shape index (κ3) is 2.90. The van der Waals surface area contributed by atoms with E-state index in [4.69, 9.17) is 0 Å². The molecule has 136 valence electrons. The molecule has 1 saturated heterocycles. The van der Waals surface area contributed by atoms with Gasteiger partial charge in [0.2, 0.25) is 17.7 Å². The van der Waals surface area contributed by atoms with Gasteiger partial charge in [-0.2, -0.15) is 0 Å². The lowest BCUT2D eigenvalue weighted by Crippen LogP contribution is -2.38. The van der Waals surface area contributed by atoms with E-state index in [-0.39, 0.29) is 54.4 Å². The summed E-state index contributed by atoms with van der Waals surface area (Å²) >= 11 is 3.43. The fraction of sp³-hybridized carbons (Fsp3) is 0.450. The van der Waals surface area contributed by atoms with Gasteiger partial charge in [-0.25, -0.2) is 0 Å². The number of nitrogens with zero attached hydrogens (tertiary/aromatic N) is 1. The molecule has 0 radical (unpaired) electrons. The average molecular weight is 417 g/mol. The summed E-state index contributed by atoms with van der Waals surface area (Å²) in [5.74, 6) is -0.412. The maximum absolute atomic E-state index is 12.7. The zero-order valence-electron chi connectivity index (χ0n) is 14.6. The summed E-state index contributed by atoms with van der Waals surface area (Å²) < 4.78 is 0.981. The molecule has 1 aromatic carbocycles. The number of fused-ring (bicyclic) bond motifs is 1. The number of hydrogen-bond donors (Lipinski definition) is 1. The highest BCUT2D eigenvalue weighted by atomic mass is 79.9. The van der Waals surface area contributed by atoms with Crippen LogP contribution in [-0.4, -0.2) is 29.2 Å². The highest BCUT2D eigenvalue weighted by molar-refractivity contribution is 9.10. The number of likely N-dealkylation sites (tertiary alicyclic amines) is 1. The Kier molecular flexibility index (Phi) is 4.47. The van der Waals surface area contributed by atoms with Crippen molar-refractivity contribution in [3.63, 3.8) is 0 Å². The standard InChI is InChI=1S/C20H21BrN2O3/c1-11-10-14(6-7-15(11)21)22-16(24)8-9-23-19(25)17-12-2-3-13(5-4-12)18(17)20(23)26/h2-3,6-7,10,12-13,17-18H,4-5,8-9H2,1H3,(H,22,24)/t12-,13-,17-,18-/m0/s1. The lowest BCUT2D eigenvalue weighted by Gasteiger charge is -2.38. The Morgan fingerprint density at radius 2 is 1.77 bits per heavy atom. The van der Waals surface area contributed by atoms with E-state index in [9.17, 15) is 14.4 Å². The van der Waals surface area contributed by atoms with Crippen LogP contribution in [0.15, 0.2) is 34.8 Å². The molecule has 4 atom stereocenters. The number of hydrogen-bond acceptors (Lipinski definition) is 3. The van der Waals surface area contributed by atoms with Gasteiger partial charge in [-0.05, 0) is 55.4 Å². The predicted octanol–water partition coefficient (Wildman–Crippen LogP) is 3.28. The fourth-order valence-corrected chi connectivity index (χ4v) is 4.76. The average Bonchev–Trinajstić information content (AvgIpc) is 2.90. The molecule has 3 amide bonds. The van der Waals surface area contributed by atoms with Gasteiger partial charge in [-0.3, -0.25) is 19.3 Å². The van der Waals surface area contributed by atoms with Gasteiger partial charge in [-0.15, -0.1) is 0 Å². The summed E-state index contributed by atoms with van der Waals surface area (Å²) in [5.41, 5.74) is 1.74. The minimum absolute atomic E-state index is 0.0914. The first-order valence-electron chi connectivity index (χ1n) is 9.05. The second kappa shape index (κ2) is 6.65. The molecule has 0 spiro atoms. The Morgan fingerprint density at radius 3 is 2.31 bits per heavy atom. The quantitative estimate of drug-likeness (QED) is 0.604. The van der Waals surface area contributed by atoms with E-state index in [1.807, 2.05) is 25.1 Å². The van der Waals surface area contributed by atoms with Crippen LogP contribution >= 0.6 is 15.9 Å². The topological polar surface area (TPSA) is 66.5 Å². The van der Waals surface area contributed by atoms with Crippen molar-refractivity contribution < 1.29 is 14.4 Å². The molecular weight excluding hydrogens is 396 g/mol. The predicted molar refractivity (Wildman–Crippen MR) is 101 cm³/mol. The fourth-order valence-electron chi connectivity index (χ4n) is 4.52. The van der Waals surface area contributed by atoms with Gasteiger partial charge < -0.3 is 5.32 Å². The number of carbonyl (C=O) groups excluding carboxylic acids is 3. The van der Waals surface area contributed by atoms with Crippen LogP contribution < -0.4 is 5.32 Å². The minimum Gasteiger partial charge on any atom is -0.326 e. The molecule has 4 aliphatic rings. The number of allylic oxidation sites excluding steroid dienone is 2. The molecule has 3 aliphatic carbocycles. The summed E-state index contributed by atoms with van der Waals surface area (Å²) in [5, 5.41) is 2.83. The first-order valence-corrected chi connectivity index (χ1v) is 9.84. The third-order valence-electron chi connectivity index (χ3n) is 5.85. The molecule has 26 heavy (non-hydrogen) atoms. The van der Waals surface area contributed by atoms with Gasteiger partial charge in [0.15, 0.2) is 0 Å². The first-order chi connectivity index (χ1) is 12.5. The number of anilines is 1. The number of imide groups is 1. The molecule has 1 saturated carbocycles. The monoisotopic (exact) mass is 416 g/mol. The van der Waals surface area contributed by atoms with Crippen LogP contribution in [0.2, 0.25) is 0 Å². The van der Waals surface area contributed by atoms with Gasteiger partial charge in [0, 0.05) is 23.1 Å². The van der Waals surface area contributed by atoms with Crippen molar-refractivity contribution in [2.75, 3.05) is 11.9 Å². The zero-order chi connectivity index (χ0) is 18.4. The number of benzene rings is 1. The van der Waals surface area contributed by atoms with E-state index < -0.39 is 0 Å². The zero-order valence-corrected chi connectivity index (χ0v) is 16.2. The number of amides is 3. The molecule has 6 heteroatoms. The summed E-state index contributed by atoms with van der Waals surface area (Å²) in [7, 11) is 0. The van der Waals surface area contributed by atoms with Crippen LogP contribution in [0.5, 0.6) is 0 Å². The van der Waals surface area contributed by atoms with E-state index in [1.165, 1.54) is 4.90 Å². The second-order valence-electron chi connectivity index (χ2n) is 7.43. The summed E-state index contributed by atoms with van der Waals surface area (Å²) in [6.45, 7) is 2.11. The Morgan fingerprint density at radius 1 is 1.15 bits per heavy atom. The number of halogens is 1. The van der Waals surface area contributed by atoms with Gasteiger partial charge >= 0.3 is 0 Å². The van der Waals surface area contributed by atoms with Gasteiger partial charge in [-0.1, -0.05) is 28.1 Å². The molecule has 1 heterocycles. The Labute approximate surface area is 160 Å². The van der Waals surface area contributed by atoms with Crippen molar-refractivity contribution in [3.05, 3.63) is 40.4 Å².